The van der Waals surface area contributed by atoms with Crippen molar-refractivity contribution in [2.45, 2.75) is 283 Å². The number of carbonyl (C=O) groups excluding carboxylic acids is 1. The Bertz CT molecular complexity index is 1250. The predicted molar refractivity (Wildman–Crippen MR) is 295 cm³/mol. The maximum absolute atomic E-state index is 13.0. The van der Waals surface area contributed by atoms with Gasteiger partial charge in [-0.3, -0.25) is 13.8 Å². The standard InChI is InChI=1S/C59H113N2O6P/c1-6-8-10-12-14-16-18-20-22-24-25-26-27-28-29-30-31-32-33-34-35-37-39-41-43-45-47-49-51-53-59(63)60-57(56-67-68(64,65)66-55-54-61(3,4)5)58(62)52-50-48-46-44-42-40-38-36-23-21-19-17-15-13-11-9-7-2/h18,20,24-25,42,44,50,52,57-58,62H,6-17,19,21-23,26-41,43,45-49,51,53-56H2,1-5H3,(H-,60,63,64,65)/p+1/b20-18-,25-24-,44-42+,52-50+. The van der Waals surface area contributed by atoms with E-state index >= 15 is 0 Å². The Morgan fingerprint density at radius 3 is 1.26 bits per heavy atom. The number of aliphatic hydroxyl groups is 1. The Kier molecular flexibility index (Phi) is 49.3. The summed E-state index contributed by atoms with van der Waals surface area (Å²) in [5.74, 6) is -0.184. The Morgan fingerprint density at radius 1 is 0.500 bits per heavy atom. The van der Waals surface area contributed by atoms with Crippen molar-refractivity contribution in [3.8, 4) is 0 Å². The van der Waals surface area contributed by atoms with Crippen LogP contribution in [0.25, 0.3) is 0 Å². The van der Waals surface area contributed by atoms with Crippen LogP contribution in [0.2, 0.25) is 0 Å². The number of amides is 1. The number of quaternary nitrogens is 1. The molecule has 0 radical (unpaired) electrons. The summed E-state index contributed by atoms with van der Waals surface area (Å²) in [5, 5.41) is 13.9. The summed E-state index contributed by atoms with van der Waals surface area (Å²) < 4.78 is 23.7. The second kappa shape index (κ2) is 50.4. The number of hydrogen-bond acceptors (Lipinski definition) is 5. The van der Waals surface area contributed by atoms with Gasteiger partial charge in [0.25, 0.3) is 0 Å². The fraction of sp³-hybridized carbons (Fsp3) is 0.847. The van der Waals surface area contributed by atoms with Crippen LogP contribution in [0.15, 0.2) is 48.6 Å². The molecule has 0 saturated carbocycles. The maximum atomic E-state index is 13.0. The second-order valence-corrected chi connectivity index (χ2v) is 22.5. The summed E-state index contributed by atoms with van der Waals surface area (Å²) in [4.78, 5) is 23.3. The molecule has 0 saturated heterocycles. The van der Waals surface area contributed by atoms with Crippen LogP contribution in [-0.4, -0.2) is 73.4 Å². The first-order chi connectivity index (χ1) is 33.0. The molecule has 3 unspecified atom stereocenters. The Morgan fingerprint density at radius 2 is 0.853 bits per heavy atom. The summed E-state index contributed by atoms with van der Waals surface area (Å²) in [6.07, 6.45) is 66.5. The van der Waals surface area contributed by atoms with E-state index in [1.54, 1.807) is 6.08 Å². The van der Waals surface area contributed by atoms with Gasteiger partial charge in [0.2, 0.25) is 5.91 Å². The molecule has 1 amide bonds. The number of allylic oxidation sites excluding steroid dienone is 7. The fourth-order valence-corrected chi connectivity index (χ4v) is 9.18. The lowest BCUT2D eigenvalue weighted by Crippen LogP contribution is -2.45. The number of rotatable bonds is 53. The molecule has 0 rings (SSSR count). The highest BCUT2D eigenvalue weighted by Crippen LogP contribution is 2.43. The van der Waals surface area contributed by atoms with E-state index in [2.05, 4.69) is 55.6 Å². The highest BCUT2D eigenvalue weighted by molar-refractivity contribution is 7.47. The highest BCUT2D eigenvalue weighted by Gasteiger charge is 2.27. The lowest BCUT2D eigenvalue weighted by atomic mass is 10.0. The van der Waals surface area contributed by atoms with Crippen molar-refractivity contribution in [3.63, 3.8) is 0 Å². The fourth-order valence-electron chi connectivity index (χ4n) is 8.44. The van der Waals surface area contributed by atoms with Crippen LogP contribution in [0.5, 0.6) is 0 Å². The quantitative estimate of drug-likeness (QED) is 0.0243. The molecular weight excluding hydrogens is 864 g/mol. The number of unbranched alkanes of at least 4 members (excludes halogenated alkanes) is 34. The van der Waals surface area contributed by atoms with Gasteiger partial charge in [-0.2, -0.15) is 0 Å². The lowest BCUT2D eigenvalue weighted by Gasteiger charge is -2.25. The summed E-state index contributed by atoms with van der Waals surface area (Å²) in [5.41, 5.74) is 0. The Labute approximate surface area is 422 Å². The van der Waals surface area contributed by atoms with Gasteiger partial charge in [0, 0.05) is 6.42 Å². The van der Waals surface area contributed by atoms with E-state index in [0.717, 1.165) is 44.9 Å². The van der Waals surface area contributed by atoms with E-state index < -0.39 is 20.0 Å². The molecule has 0 fully saturated rings. The minimum Gasteiger partial charge on any atom is -0.387 e. The Balaban J connectivity index is 4.15. The number of phosphoric ester groups is 1. The first kappa shape index (κ1) is 66.5. The molecule has 0 aromatic heterocycles. The minimum atomic E-state index is -4.35. The van der Waals surface area contributed by atoms with Crippen LogP contribution in [0.1, 0.15) is 271 Å². The summed E-state index contributed by atoms with van der Waals surface area (Å²) in [6.45, 7) is 4.81. The van der Waals surface area contributed by atoms with Crippen LogP contribution in [0, 0.1) is 0 Å². The lowest BCUT2D eigenvalue weighted by molar-refractivity contribution is -0.870. The number of hydrogen-bond donors (Lipinski definition) is 3. The van der Waals surface area contributed by atoms with Gasteiger partial charge >= 0.3 is 7.82 Å². The molecule has 0 aliphatic heterocycles. The first-order valence-corrected chi connectivity index (χ1v) is 30.5. The third kappa shape index (κ3) is 52.3. The molecule has 400 valence electrons. The van der Waals surface area contributed by atoms with Crippen LogP contribution in [0.4, 0.5) is 0 Å². The van der Waals surface area contributed by atoms with Crippen LogP contribution < -0.4 is 5.32 Å². The average molecular weight is 979 g/mol. The number of nitrogens with one attached hydrogen (secondary N) is 1. The van der Waals surface area contributed by atoms with Crippen LogP contribution in [-0.2, 0) is 18.4 Å². The van der Waals surface area contributed by atoms with Gasteiger partial charge in [-0.1, -0.05) is 249 Å². The topological polar surface area (TPSA) is 105 Å². The predicted octanol–water partition coefficient (Wildman–Crippen LogP) is 17.5. The molecule has 3 atom stereocenters. The molecule has 9 heteroatoms. The van der Waals surface area contributed by atoms with E-state index in [1.807, 2.05) is 27.2 Å². The summed E-state index contributed by atoms with van der Waals surface area (Å²) in [7, 11) is 1.56. The van der Waals surface area contributed by atoms with Gasteiger partial charge in [0.15, 0.2) is 0 Å². The van der Waals surface area contributed by atoms with Crippen molar-refractivity contribution >= 4 is 13.7 Å². The molecule has 68 heavy (non-hydrogen) atoms. The molecule has 0 bridgehead atoms. The van der Waals surface area contributed by atoms with E-state index in [0.29, 0.717) is 17.4 Å². The van der Waals surface area contributed by atoms with Gasteiger partial charge in [-0.25, -0.2) is 4.57 Å². The number of carbonyl (C=O) groups is 1. The molecule has 3 N–H and O–H groups in total. The molecule has 0 aliphatic carbocycles. The van der Waals surface area contributed by atoms with E-state index in [1.165, 1.54) is 205 Å². The third-order valence-corrected chi connectivity index (χ3v) is 14.0. The van der Waals surface area contributed by atoms with Gasteiger partial charge in [0.1, 0.15) is 13.2 Å². The van der Waals surface area contributed by atoms with Crippen molar-refractivity contribution in [3.05, 3.63) is 48.6 Å². The number of likely N-dealkylation sites (N-methyl/N-ethyl adjacent to an activating group) is 1. The molecule has 0 heterocycles. The normalized spacial score (nSPS) is 14.3. The summed E-state index contributed by atoms with van der Waals surface area (Å²) in [6, 6.07) is -0.863. The monoisotopic (exact) mass is 978 g/mol. The molecule has 8 nitrogen and oxygen atoms in total. The van der Waals surface area contributed by atoms with Crippen molar-refractivity contribution in [2.24, 2.45) is 0 Å². The van der Waals surface area contributed by atoms with Gasteiger partial charge in [-0.05, 0) is 64.2 Å². The molecule has 0 spiro atoms. The zero-order valence-electron chi connectivity index (χ0n) is 45.6. The van der Waals surface area contributed by atoms with Crippen molar-refractivity contribution in [1.29, 1.82) is 0 Å². The van der Waals surface area contributed by atoms with Crippen LogP contribution in [0.3, 0.4) is 0 Å². The van der Waals surface area contributed by atoms with Gasteiger partial charge in [0.05, 0.1) is 39.9 Å². The van der Waals surface area contributed by atoms with E-state index in [4.69, 9.17) is 9.05 Å². The maximum Gasteiger partial charge on any atom is 0.472 e. The number of phosphoric acid groups is 1. The van der Waals surface area contributed by atoms with Gasteiger partial charge < -0.3 is 19.8 Å². The SMILES string of the molecule is CCCCCCC/C=C\C/C=C\CCCCCCCCCCCCCCCCCCCC(=O)NC(COP(=O)(O)OCC[N+](C)(C)C)C(O)/C=C/CC/C=C/CCCCCCCCCCCCC. The molecule has 0 aliphatic rings. The molecule has 0 aromatic carbocycles. The molecule has 0 aromatic rings. The average Bonchev–Trinajstić information content (AvgIpc) is 3.30. The summed E-state index contributed by atoms with van der Waals surface area (Å²) >= 11 is 0. The van der Waals surface area contributed by atoms with Crippen molar-refractivity contribution < 1.29 is 32.9 Å². The number of aliphatic hydroxyl groups excluding tert-OH is 1. The highest BCUT2D eigenvalue weighted by atomic mass is 31.2. The minimum absolute atomic E-state index is 0.0565. The van der Waals surface area contributed by atoms with Crippen molar-refractivity contribution in [2.75, 3.05) is 40.9 Å². The van der Waals surface area contributed by atoms with Crippen LogP contribution >= 0.6 is 7.82 Å². The first-order valence-electron chi connectivity index (χ1n) is 29.0. The number of nitrogens with zero attached hydrogens (tertiary/aromatic N) is 1. The zero-order chi connectivity index (χ0) is 49.9. The van der Waals surface area contributed by atoms with E-state index in [9.17, 15) is 19.4 Å². The van der Waals surface area contributed by atoms with Gasteiger partial charge in [-0.15, -0.1) is 0 Å². The Hall–Kier alpha value is -1.54. The smallest absolute Gasteiger partial charge is 0.387 e. The zero-order valence-corrected chi connectivity index (χ0v) is 46.5. The van der Waals surface area contributed by atoms with E-state index in [-0.39, 0.29) is 19.1 Å². The molecular formula is C59H114N2O6P+. The largest absolute Gasteiger partial charge is 0.472 e. The second-order valence-electron chi connectivity index (χ2n) is 21.0. The van der Waals surface area contributed by atoms with Crippen molar-refractivity contribution in [1.82, 2.24) is 5.32 Å². The third-order valence-electron chi connectivity index (χ3n) is 13.0.